The van der Waals surface area contributed by atoms with Crippen molar-refractivity contribution in [3.05, 3.63) is 35.9 Å². The largest absolute Gasteiger partial charge is 0.446 e. The maximum atomic E-state index is 10.7. The molecule has 0 atom stereocenters. The zero-order valence-corrected chi connectivity index (χ0v) is 12.3. The molecule has 0 unspecified atom stereocenters. The fourth-order valence-corrected chi connectivity index (χ4v) is 3.22. The molecule has 1 aromatic rings. The molecule has 5 heteroatoms. The summed E-state index contributed by atoms with van der Waals surface area (Å²) in [6, 6.07) is 11.2. The minimum absolute atomic E-state index is 0.0369. The van der Waals surface area contributed by atoms with E-state index in [9.17, 15) is 4.79 Å². The van der Waals surface area contributed by atoms with Gasteiger partial charge in [0.05, 0.1) is 0 Å². The van der Waals surface area contributed by atoms with E-state index in [1.165, 1.54) is 5.56 Å². The van der Waals surface area contributed by atoms with Crippen molar-refractivity contribution in [1.29, 1.82) is 0 Å². The third-order valence-corrected chi connectivity index (χ3v) is 4.53. The highest BCUT2D eigenvalue weighted by Crippen LogP contribution is 2.29. The van der Waals surface area contributed by atoms with Gasteiger partial charge >= 0.3 is 6.09 Å². The van der Waals surface area contributed by atoms with Gasteiger partial charge < -0.3 is 10.5 Å². The molecule has 2 fully saturated rings. The number of amides is 1. The van der Waals surface area contributed by atoms with Crippen LogP contribution in [0.15, 0.2) is 30.3 Å². The number of ether oxygens (including phenoxy) is 1. The summed E-state index contributed by atoms with van der Waals surface area (Å²) in [7, 11) is 0. The lowest BCUT2D eigenvalue weighted by Gasteiger charge is -2.45. The van der Waals surface area contributed by atoms with Crippen LogP contribution in [0.3, 0.4) is 0 Å². The van der Waals surface area contributed by atoms with Crippen LogP contribution in [0.2, 0.25) is 0 Å². The Morgan fingerprint density at radius 1 is 1.14 bits per heavy atom. The number of nitrogens with two attached hydrogens (primary N) is 1. The molecule has 1 amide bonds. The zero-order chi connectivity index (χ0) is 14.7. The lowest BCUT2D eigenvalue weighted by atomic mass is 9.87. The Bertz CT molecular complexity index is 466. The monoisotopic (exact) mass is 289 g/mol. The molecular weight excluding hydrogens is 266 g/mol. The van der Waals surface area contributed by atoms with Gasteiger partial charge in [-0.25, -0.2) is 4.79 Å². The van der Waals surface area contributed by atoms with Gasteiger partial charge in [0.2, 0.25) is 0 Å². The van der Waals surface area contributed by atoms with Crippen LogP contribution in [-0.2, 0) is 11.3 Å². The first-order chi connectivity index (χ1) is 10.2. The summed E-state index contributed by atoms with van der Waals surface area (Å²) < 4.78 is 5.01. The summed E-state index contributed by atoms with van der Waals surface area (Å²) in [6.45, 7) is 5.44. The van der Waals surface area contributed by atoms with E-state index in [4.69, 9.17) is 10.5 Å². The number of carbonyl (C=O) groups excluding carboxylic acids is 1. The van der Waals surface area contributed by atoms with Crippen LogP contribution >= 0.6 is 0 Å². The maximum Gasteiger partial charge on any atom is 0.404 e. The second-order valence-electron chi connectivity index (χ2n) is 5.98. The van der Waals surface area contributed by atoms with Gasteiger partial charge in [-0.1, -0.05) is 30.3 Å². The topological polar surface area (TPSA) is 58.8 Å². The van der Waals surface area contributed by atoms with Crippen LogP contribution in [0.25, 0.3) is 0 Å². The minimum atomic E-state index is -0.647. The van der Waals surface area contributed by atoms with Gasteiger partial charge in [-0.3, -0.25) is 9.80 Å². The molecular formula is C16H23N3O2. The number of benzene rings is 1. The molecule has 0 bridgehead atoms. The van der Waals surface area contributed by atoms with Crippen molar-refractivity contribution in [1.82, 2.24) is 9.80 Å². The van der Waals surface area contributed by atoms with Gasteiger partial charge in [0, 0.05) is 51.6 Å². The molecule has 2 aliphatic rings. The smallest absolute Gasteiger partial charge is 0.404 e. The average Bonchev–Trinajstić information content (AvgIpc) is 2.44. The number of carbonyl (C=O) groups is 1. The Labute approximate surface area is 125 Å². The second kappa shape index (κ2) is 6.45. The van der Waals surface area contributed by atoms with Crippen molar-refractivity contribution in [2.24, 2.45) is 5.73 Å². The number of nitrogens with zero attached hydrogens (tertiary/aromatic N) is 2. The Morgan fingerprint density at radius 3 is 2.43 bits per heavy atom. The minimum Gasteiger partial charge on any atom is -0.446 e. The Morgan fingerprint density at radius 2 is 1.81 bits per heavy atom. The normalized spacial score (nSPS) is 27.0. The van der Waals surface area contributed by atoms with Crippen LogP contribution in [0.4, 0.5) is 4.79 Å². The Balaban J connectivity index is 1.39. The lowest BCUT2D eigenvalue weighted by molar-refractivity contribution is -0.0252. The SMILES string of the molecule is NC(=O)OC1CC(N2CCN(Cc3ccccc3)CC2)C1. The van der Waals surface area contributed by atoms with E-state index in [2.05, 4.69) is 40.1 Å². The van der Waals surface area contributed by atoms with Crippen LogP contribution in [0.1, 0.15) is 18.4 Å². The van der Waals surface area contributed by atoms with Crippen molar-refractivity contribution in [3.63, 3.8) is 0 Å². The van der Waals surface area contributed by atoms with Crippen molar-refractivity contribution < 1.29 is 9.53 Å². The average molecular weight is 289 g/mol. The molecule has 114 valence electrons. The zero-order valence-electron chi connectivity index (χ0n) is 12.3. The number of hydrogen-bond donors (Lipinski definition) is 1. The maximum absolute atomic E-state index is 10.7. The number of piperazine rings is 1. The highest BCUT2D eigenvalue weighted by molar-refractivity contribution is 5.64. The van der Waals surface area contributed by atoms with E-state index in [-0.39, 0.29) is 6.10 Å². The quantitative estimate of drug-likeness (QED) is 0.911. The fourth-order valence-electron chi connectivity index (χ4n) is 3.22. The summed E-state index contributed by atoms with van der Waals surface area (Å²) in [5.41, 5.74) is 6.42. The summed E-state index contributed by atoms with van der Waals surface area (Å²) in [5.74, 6) is 0. The summed E-state index contributed by atoms with van der Waals surface area (Å²) in [4.78, 5) is 15.7. The third-order valence-electron chi connectivity index (χ3n) is 4.53. The van der Waals surface area contributed by atoms with Crippen LogP contribution < -0.4 is 5.73 Å². The van der Waals surface area contributed by atoms with Crippen LogP contribution in [0.5, 0.6) is 0 Å². The van der Waals surface area contributed by atoms with Crippen LogP contribution in [-0.4, -0.2) is 54.2 Å². The van der Waals surface area contributed by atoms with E-state index in [1.807, 2.05) is 0 Å². The van der Waals surface area contributed by atoms with Gasteiger partial charge in [-0.05, 0) is 5.56 Å². The third kappa shape index (κ3) is 3.74. The molecule has 1 saturated carbocycles. The first-order valence-electron chi connectivity index (χ1n) is 7.67. The van der Waals surface area contributed by atoms with E-state index < -0.39 is 6.09 Å². The van der Waals surface area contributed by atoms with Crippen LogP contribution in [0, 0.1) is 0 Å². The van der Waals surface area contributed by atoms with Gasteiger partial charge in [0.25, 0.3) is 0 Å². The molecule has 0 spiro atoms. The van der Waals surface area contributed by atoms with Crippen molar-refractivity contribution in [3.8, 4) is 0 Å². The lowest BCUT2D eigenvalue weighted by Crippen LogP contribution is -2.55. The predicted molar refractivity (Wildman–Crippen MR) is 80.8 cm³/mol. The van der Waals surface area contributed by atoms with E-state index in [0.717, 1.165) is 45.6 Å². The Hall–Kier alpha value is -1.59. The first-order valence-corrected chi connectivity index (χ1v) is 7.67. The molecule has 1 aliphatic carbocycles. The fraction of sp³-hybridized carbons (Fsp3) is 0.562. The van der Waals surface area contributed by atoms with E-state index in [0.29, 0.717) is 6.04 Å². The second-order valence-corrected chi connectivity index (χ2v) is 5.98. The Kier molecular flexibility index (Phi) is 4.41. The molecule has 1 aromatic carbocycles. The molecule has 3 rings (SSSR count). The van der Waals surface area contributed by atoms with Gasteiger partial charge in [0.15, 0.2) is 0 Å². The first kappa shape index (κ1) is 14.4. The van der Waals surface area contributed by atoms with Gasteiger partial charge in [0.1, 0.15) is 6.10 Å². The molecule has 1 aliphatic heterocycles. The predicted octanol–water partition coefficient (Wildman–Crippen LogP) is 1.43. The highest BCUT2D eigenvalue weighted by atomic mass is 16.6. The number of hydrogen-bond acceptors (Lipinski definition) is 4. The van der Waals surface area contributed by atoms with Gasteiger partial charge in [-0.2, -0.15) is 0 Å². The molecule has 2 N–H and O–H groups in total. The van der Waals surface area contributed by atoms with Crippen molar-refractivity contribution >= 4 is 6.09 Å². The van der Waals surface area contributed by atoms with Crippen molar-refractivity contribution in [2.75, 3.05) is 26.2 Å². The molecule has 5 nitrogen and oxygen atoms in total. The summed E-state index contributed by atoms with van der Waals surface area (Å²) >= 11 is 0. The van der Waals surface area contributed by atoms with E-state index >= 15 is 0 Å². The molecule has 1 heterocycles. The number of rotatable bonds is 4. The van der Waals surface area contributed by atoms with Gasteiger partial charge in [-0.15, -0.1) is 0 Å². The van der Waals surface area contributed by atoms with Crippen molar-refractivity contribution in [2.45, 2.75) is 31.5 Å². The highest BCUT2D eigenvalue weighted by Gasteiger charge is 2.36. The standard InChI is InChI=1S/C16H23N3O2/c17-16(20)21-15-10-14(11-15)19-8-6-18(7-9-19)12-13-4-2-1-3-5-13/h1-5,14-15H,6-12H2,(H2,17,20). The molecule has 0 radical (unpaired) electrons. The molecule has 1 saturated heterocycles. The summed E-state index contributed by atoms with van der Waals surface area (Å²) in [6.07, 6.45) is 1.25. The molecule has 21 heavy (non-hydrogen) atoms. The molecule has 0 aromatic heterocycles. The number of primary amides is 1. The summed E-state index contributed by atoms with van der Waals surface area (Å²) in [5, 5.41) is 0. The van der Waals surface area contributed by atoms with E-state index in [1.54, 1.807) is 0 Å².